The summed E-state index contributed by atoms with van der Waals surface area (Å²) in [6.07, 6.45) is 5.08. The van der Waals surface area contributed by atoms with E-state index in [9.17, 15) is 0 Å². The van der Waals surface area contributed by atoms with Crippen molar-refractivity contribution in [3.63, 3.8) is 0 Å². The van der Waals surface area contributed by atoms with E-state index in [-0.39, 0.29) is 0 Å². The van der Waals surface area contributed by atoms with Crippen LogP contribution in [0.5, 0.6) is 0 Å². The van der Waals surface area contributed by atoms with Gasteiger partial charge in [-0.15, -0.1) is 0 Å². The molecule has 1 unspecified atom stereocenters. The van der Waals surface area contributed by atoms with Gasteiger partial charge in [0.2, 0.25) is 5.95 Å². The molecular formula is C14H24N6. The van der Waals surface area contributed by atoms with Gasteiger partial charge >= 0.3 is 0 Å². The summed E-state index contributed by atoms with van der Waals surface area (Å²) in [7, 11) is 1.83. The molecule has 20 heavy (non-hydrogen) atoms. The minimum absolute atomic E-state index is 0.438. The van der Waals surface area contributed by atoms with Gasteiger partial charge in [-0.25, -0.2) is 4.98 Å². The van der Waals surface area contributed by atoms with Crippen LogP contribution in [-0.4, -0.2) is 39.6 Å². The summed E-state index contributed by atoms with van der Waals surface area (Å²) < 4.78 is 0. The number of nitrogens with one attached hydrogen (secondary N) is 2. The van der Waals surface area contributed by atoms with Crippen molar-refractivity contribution in [1.29, 1.82) is 0 Å². The largest absolute Gasteiger partial charge is 0.357 e. The molecule has 0 fully saturated rings. The first-order valence-electron chi connectivity index (χ1n) is 7.36. The van der Waals surface area contributed by atoms with E-state index in [2.05, 4.69) is 50.9 Å². The van der Waals surface area contributed by atoms with E-state index in [1.807, 2.05) is 7.05 Å². The number of hydrogen-bond donors (Lipinski definition) is 2. The molecule has 0 radical (unpaired) electrons. The van der Waals surface area contributed by atoms with Crippen LogP contribution in [0.1, 0.15) is 40.0 Å². The van der Waals surface area contributed by atoms with Gasteiger partial charge in [-0.05, 0) is 19.8 Å². The van der Waals surface area contributed by atoms with Gasteiger partial charge in [-0.3, -0.25) is 0 Å². The Hall–Kier alpha value is -1.85. The number of H-pyrrole nitrogens is 1. The second-order valence-electron chi connectivity index (χ2n) is 5.03. The highest BCUT2D eigenvalue weighted by atomic mass is 15.3. The van der Waals surface area contributed by atoms with Gasteiger partial charge in [0.15, 0.2) is 11.5 Å². The molecule has 0 aromatic carbocycles. The summed E-state index contributed by atoms with van der Waals surface area (Å²) in [6.45, 7) is 7.65. The summed E-state index contributed by atoms with van der Waals surface area (Å²) in [5, 5.41) is 3.01. The van der Waals surface area contributed by atoms with Crippen LogP contribution >= 0.6 is 0 Å². The summed E-state index contributed by atoms with van der Waals surface area (Å²) in [6, 6.07) is 0.438. The molecule has 0 spiro atoms. The maximum Gasteiger partial charge on any atom is 0.226 e. The van der Waals surface area contributed by atoms with Crippen molar-refractivity contribution in [3.8, 4) is 0 Å². The molecule has 0 bridgehead atoms. The predicted molar refractivity (Wildman–Crippen MR) is 83.2 cm³/mol. The molecule has 0 saturated heterocycles. The predicted octanol–water partition coefficient (Wildman–Crippen LogP) is 2.80. The van der Waals surface area contributed by atoms with Crippen molar-refractivity contribution in [2.75, 3.05) is 23.8 Å². The number of fused-ring (bicyclic) bond motifs is 1. The van der Waals surface area contributed by atoms with Crippen LogP contribution in [-0.2, 0) is 0 Å². The van der Waals surface area contributed by atoms with E-state index in [1.165, 1.54) is 6.42 Å². The van der Waals surface area contributed by atoms with E-state index in [0.717, 1.165) is 30.7 Å². The van der Waals surface area contributed by atoms with Crippen LogP contribution in [0.15, 0.2) is 6.33 Å². The Morgan fingerprint density at radius 1 is 1.35 bits per heavy atom. The molecule has 1 atom stereocenters. The van der Waals surface area contributed by atoms with Gasteiger partial charge in [0.05, 0.1) is 6.33 Å². The molecule has 0 aliphatic heterocycles. The first kappa shape index (κ1) is 14.6. The third-order valence-electron chi connectivity index (χ3n) is 3.64. The number of imidazole rings is 1. The fraction of sp³-hybridized carbons (Fsp3) is 0.643. The van der Waals surface area contributed by atoms with Gasteiger partial charge in [0, 0.05) is 19.6 Å². The minimum atomic E-state index is 0.438. The van der Waals surface area contributed by atoms with Crippen LogP contribution in [0.4, 0.5) is 11.8 Å². The topological polar surface area (TPSA) is 69.7 Å². The first-order chi connectivity index (χ1) is 9.71. The second-order valence-corrected chi connectivity index (χ2v) is 5.03. The lowest BCUT2D eigenvalue weighted by Gasteiger charge is -2.30. The van der Waals surface area contributed by atoms with Crippen LogP contribution in [0, 0.1) is 0 Å². The van der Waals surface area contributed by atoms with E-state index < -0.39 is 0 Å². The van der Waals surface area contributed by atoms with E-state index in [4.69, 9.17) is 0 Å². The number of aromatic amines is 1. The molecule has 2 N–H and O–H groups in total. The van der Waals surface area contributed by atoms with Gasteiger partial charge in [0.25, 0.3) is 0 Å². The van der Waals surface area contributed by atoms with E-state index in [0.29, 0.717) is 17.6 Å². The Morgan fingerprint density at radius 3 is 2.80 bits per heavy atom. The van der Waals surface area contributed by atoms with Crippen LogP contribution in [0.25, 0.3) is 11.2 Å². The van der Waals surface area contributed by atoms with Crippen molar-refractivity contribution in [3.05, 3.63) is 6.33 Å². The van der Waals surface area contributed by atoms with Crippen LogP contribution in [0.2, 0.25) is 0 Å². The van der Waals surface area contributed by atoms with E-state index in [1.54, 1.807) is 6.33 Å². The monoisotopic (exact) mass is 276 g/mol. The molecule has 0 aliphatic rings. The summed E-state index contributed by atoms with van der Waals surface area (Å²) in [4.78, 5) is 18.8. The molecule has 0 aliphatic carbocycles. The van der Waals surface area contributed by atoms with Crippen molar-refractivity contribution in [1.82, 2.24) is 19.9 Å². The molecule has 6 heteroatoms. The molecule has 0 saturated carbocycles. The fourth-order valence-electron chi connectivity index (χ4n) is 2.22. The number of anilines is 2. The van der Waals surface area contributed by atoms with Crippen LogP contribution in [0.3, 0.4) is 0 Å². The second kappa shape index (κ2) is 6.54. The van der Waals surface area contributed by atoms with Crippen LogP contribution < -0.4 is 10.2 Å². The molecule has 6 nitrogen and oxygen atoms in total. The molecule has 110 valence electrons. The summed E-state index contributed by atoms with van der Waals surface area (Å²) in [5.74, 6) is 1.56. The lowest BCUT2D eigenvalue weighted by Crippen LogP contribution is -2.34. The lowest BCUT2D eigenvalue weighted by atomic mass is 10.2. The van der Waals surface area contributed by atoms with Gasteiger partial charge in [-0.2, -0.15) is 9.97 Å². The van der Waals surface area contributed by atoms with Gasteiger partial charge in [0.1, 0.15) is 5.52 Å². The van der Waals surface area contributed by atoms with Crippen molar-refractivity contribution in [2.24, 2.45) is 0 Å². The molecule has 2 heterocycles. The molecule has 2 aromatic rings. The fourth-order valence-corrected chi connectivity index (χ4v) is 2.22. The Labute approximate surface area is 120 Å². The number of nitrogens with zero attached hydrogens (tertiary/aromatic N) is 4. The smallest absolute Gasteiger partial charge is 0.226 e. The van der Waals surface area contributed by atoms with Gasteiger partial charge < -0.3 is 15.2 Å². The molecule has 2 aromatic heterocycles. The third-order valence-corrected chi connectivity index (χ3v) is 3.64. The number of rotatable bonds is 7. The Balaban J connectivity index is 2.47. The SMILES string of the molecule is CCCCN(c1nc(NC)nc2nc[nH]c12)C(C)CC. The zero-order valence-electron chi connectivity index (χ0n) is 12.8. The summed E-state index contributed by atoms with van der Waals surface area (Å²) in [5.41, 5.74) is 1.63. The number of hydrogen-bond acceptors (Lipinski definition) is 5. The maximum absolute atomic E-state index is 4.65. The van der Waals surface area contributed by atoms with Crippen molar-refractivity contribution >= 4 is 22.9 Å². The van der Waals surface area contributed by atoms with Crippen molar-refractivity contribution < 1.29 is 0 Å². The standard InChI is InChI=1S/C14H24N6/c1-5-7-8-20(10(3)6-2)13-11-12(17-9-16-11)18-14(15-4)19-13/h9-10H,5-8H2,1-4H3,(H2,15,16,17,18,19). The molecule has 2 rings (SSSR count). The highest BCUT2D eigenvalue weighted by Gasteiger charge is 2.19. The Kier molecular flexibility index (Phi) is 4.76. The molecule has 0 amide bonds. The maximum atomic E-state index is 4.65. The first-order valence-corrected chi connectivity index (χ1v) is 7.36. The average Bonchev–Trinajstić information content (AvgIpc) is 2.95. The zero-order chi connectivity index (χ0) is 14.5. The van der Waals surface area contributed by atoms with Gasteiger partial charge in [-0.1, -0.05) is 20.3 Å². The minimum Gasteiger partial charge on any atom is -0.357 e. The number of aromatic nitrogens is 4. The quantitative estimate of drug-likeness (QED) is 0.813. The van der Waals surface area contributed by atoms with Crippen molar-refractivity contribution in [2.45, 2.75) is 46.1 Å². The average molecular weight is 276 g/mol. The highest BCUT2D eigenvalue weighted by molar-refractivity contribution is 5.84. The Bertz CT molecular complexity index is 550. The zero-order valence-corrected chi connectivity index (χ0v) is 12.8. The number of unbranched alkanes of at least 4 members (excludes halogenated alkanes) is 1. The molecular weight excluding hydrogens is 252 g/mol. The Morgan fingerprint density at radius 2 is 2.15 bits per heavy atom. The highest BCUT2D eigenvalue weighted by Crippen LogP contribution is 2.25. The summed E-state index contributed by atoms with van der Waals surface area (Å²) >= 11 is 0. The lowest BCUT2D eigenvalue weighted by molar-refractivity contribution is 0.591. The van der Waals surface area contributed by atoms with E-state index >= 15 is 0 Å². The normalized spacial score (nSPS) is 12.6. The third kappa shape index (κ3) is 2.84.